The highest BCUT2D eigenvalue weighted by Gasteiger charge is 2.05. The molecule has 17 heavy (non-hydrogen) atoms. The van der Waals surface area contributed by atoms with Gasteiger partial charge >= 0.3 is 0 Å². The van der Waals surface area contributed by atoms with Gasteiger partial charge in [0.1, 0.15) is 5.75 Å². The maximum atomic E-state index is 11.1. The first-order chi connectivity index (χ1) is 8.06. The van der Waals surface area contributed by atoms with Gasteiger partial charge in [0, 0.05) is 5.69 Å². The molecule has 0 aliphatic heterocycles. The van der Waals surface area contributed by atoms with Crippen LogP contribution >= 0.6 is 0 Å². The summed E-state index contributed by atoms with van der Waals surface area (Å²) in [5.41, 5.74) is 8.07. The second-order valence-corrected chi connectivity index (χ2v) is 3.83. The first-order valence-electron chi connectivity index (χ1n) is 5.15. The van der Waals surface area contributed by atoms with E-state index >= 15 is 0 Å². The number of benzene rings is 1. The molecular weight excluding hydrogens is 218 g/mol. The number of nitrogens with two attached hydrogens (primary N) is 1. The third-order valence-electron chi connectivity index (χ3n) is 2.43. The molecule has 0 aliphatic rings. The Hall–Kier alpha value is -2.30. The second kappa shape index (κ2) is 4.29. The van der Waals surface area contributed by atoms with E-state index in [-0.39, 0.29) is 11.4 Å². The Morgan fingerprint density at radius 3 is 2.71 bits per heavy atom. The Bertz CT molecular complexity index is 605. The molecule has 0 radical (unpaired) electrons. The number of rotatable bonds is 2. The van der Waals surface area contributed by atoms with Gasteiger partial charge in [0.2, 0.25) is 5.88 Å². The summed E-state index contributed by atoms with van der Waals surface area (Å²) in [4.78, 5) is 17.4. The van der Waals surface area contributed by atoms with Crippen molar-refractivity contribution in [1.29, 1.82) is 0 Å². The maximum absolute atomic E-state index is 11.1. The lowest BCUT2D eigenvalue weighted by Crippen LogP contribution is -2.05. The van der Waals surface area contributed by atoms with E-state index in [9.17, 15) is 4.79 Å². The first kappa shape index (κ1) is 11.2. The smallest absolute Gasteiger partial charge is 0.254 e. The van der Waals surface area contributed by atoms with Gasteiger partial charge in [0.25, 0.3) is 5.56 Å². The minimum atomic E-state index is -0.250. The molecule has 0 atom stereocenters. The molecule has 0 saturated heterocycles. The van der Waals surface area contributed by atoms with Crippen molar-refractivity contribution in [3.8, 4) is 11.6 Å². The second-order valence-electron chi connectivity index (χ2n) is 3.83. The Morgan fingerprint density at radius 1 is 1.24 bits per heavy atom. The van der Waals surface area contributed by atoms with Gasteiger partial charge in [0.05, 0.1) is 12.4 Å². The summed E-state index contributed by atoms with van der Waals surface area (Å²) in [5, 5.41) is 0. The monoisotopic (exact) mass is 231 g/mol. The molecule has 0 aliphatic carbocycles. The molecule has 2 rings (SSSR count). The maximum Gasteiger partial charge on any atom is 0.254 e. The van der Waals surface area contributed by atoms with Crippen molar-refractivity contribution < 1.29 is 4.74 Å². The van der Waals surface area contributed by atoms with E-state index in [1.165, 1.54) is 12.4 Å². The number of hydrogen-bond acceptors (Lipinski definition) is 4. The van der Waals surface area contributed by atoms with Crippen molar-refractivity contribution in [3.63, 3.8) is 0 Å². The van der Waals surface area contributed by atoms with Crippen LogP contribution in [-0.2, 0) is 0 Å². The van der Waals surface area contributed by atoms with Crippen molar-refractivity contribution >= 4 is 5.69 Å². The van der Waals surface area contributed by atoms with E-state index in [4.69, 9.17) is 10.5 Å². The Balaban J connectivity index is 2.36. The number of nitrogen functional groups attached to an aromatic ring is 1. The summed E-state index contributed by atoms with van der Waals surface area (Å²) in [6.07, 6.45) is 1.30. The van der Waals surface area contributed by atoms with Crippen LogP contribution in [0.3, 0.4) is 0 Å². The molecule has 0 saturated carbocycles. The van der Waals surface area contributed by atoms with Crippen LogP contribution in [-0.4, -0.2) is 9.97 Å². The number of nitrogens with zero attached hydrogens (tertiary/aromatic N) is 1. The normalized spacial score (nSPS) is 10.2. The summed E-state index contributed by atoms with van der Waals surface area (Å²) in [6, 6.07) is 4.95. The van der Waals surface area contributed by atoms with Crippen LogP contribution in [0.5, 0.6) is 11.6 Å². The summed E-state index contributed by atoms with van der Waals surface area (Å²) in [7, 11) is 0. The van der Waals surface area contributed by atoms with Crippen LogP contribution in [0.1, 0.15) is 11.1 Å². The van der Waals surface area contributed by atoms with Crippen LogP contribution in [0.2, 0.25) is 0 Å². The molecule has 0 fully saturated rings. The predicted octanol–water partition coefficient (Wildman–Crippen LogP) is 1.76. The zero-order valence-electron chi connectivity index (χ0n) is 9.65. The van der Waals surface area contributed by atoms with Gasteiger partial charge in [-0.25, -0.2) is 4.98 Å². The fraction of sp³-hybridized carbons (Fsp3) is 0.167. The molecule has 1 aromatic heterocycles. The SMILES string of the molecule is Cc1cc(Oc2cc(=O)[nH]cn2)c(C)cc1N. The van der Waals surface area contributed by atoms with Gasteiger partial charge < -0.3 is 15.5 Å². The number of ether oxygens (including phenoxy) is 1. The van der Waals surface area contributed by atoms with E-state index in [1.807, 2.05) is 26.0 Å². The quantitative estimate of drug-likeness (QED) is 0.772. The average molecular weight is 231 g/mol. The molecule has 5 nitrogen and oxygen atoms in total. The fourth-order valence-corrected chi connectivity index (χ4v) is 1.44. The number of aromatic nitrogens is 2. The molecule has 0 amide bonds. The summed E-state index contributed by atoms with van der Waals surface area (Å²) in [5.74, 6) is 0.913. The summed E-state index contributed by atoms with van der Waals surface area (Å²) < 4.78 is 5.54. The summed E-state index contributed by atoms with van der Waals surface area (Å²) >= 11 is 0. The first-order valence-corrected chi connectivity index (χ1v) is 5.15. The zero-order chi connectivity index (χ0) is 12.4. The lowest BCUT2D eigenvalue weighted by atomic mass is 10.1. The molecule has 3 N–H and O–H groups in total. The number of aryl methyl sites for hydroxylation is 2. The van der Waals surface area contributed by atoms with E-state index in [1.54, 1.807) is 0 Å². The van der Waals surface area contributed by atoms with E-state index in [0.29, 0.717) is 11.4 Å². The lowest BCUT2D eigenvalue weighted by Gasteiger charge is -2.10. The molecule has 5 heteroatoms. The highest BCUT2D eigenvalue weighted by molar-refractivity contribution is 5.54. The fourth-order valence-electron chi connectivity index (χ4n) is 1.44. The minimum Gasteiger partial charge on any atom is -0.438 e. The average Bonchev–Trinajstić information content (AvgIpc) is 2.26. The lowest BCUT2D eigenvalue weighted by molar-refractivity contribution is 0.457. The molecule has 0 unspecified atom stereocenters. The largest absolute Gasteiger partial charge is 0.438 e. The van der Waals surface area contributed by atoms with Crippen LogP contribution in [0.4, 0.5) is 5.69 Å². The molecule has 88 valence electrons. The van der Waals surface area contributed by atoms with Gasteiger partial charge in [-0.15, -0.1) is 0 Å². The van der Waals surface area contributed by atoms with Gasteiger partial charge in [-0.3, -0.25) is 4.79 Å². The molecule has 0 spiro atoms. The van der Waals surface area contributed by atoms with Crippen LogP contribution < -0.4 is 16.0 Å². The minimum absolute atomic E-state index is 0.250. The highest BCUT2D eigenvalue weighted by Crippen LogP contribution is 2.27. The summed E-state index contributed by atoms with van der Waals surface area (Å²) in [6.45, 7) is 3.78. The molecule has 2 aromatic rings. The van der Waals surface area contributed by atoms with Gasteiger partial charge in [0.15, 0.2) is 0 Å². The van der Waals surface area contributed by atoms with Gasteiger partial charge in [-0.05, 0) is 37.1 Å². The number of anilines is 1. The van der Waals surface area contributed by atoms with Crippen molar-refractivity contribution in [1.82, 2.24) is 9.97 Å². The van der Waals surface area contributed by atoms with Crippen molar-refractivity contribution in [2.24, 2.45) is 0 Å². The molecular formula is C12H13N3O2. The number of H-pyrrole nitrogens is 1. The topological polar surface area (TPSA) is 81.0 Å². The third-order valence-corrected chi connectivity index (χ3v) is 2.43. The Kier molecular flexibility index (Phi) is 2.82. The number of aromatic amines is 1. The number of nitrogens with one attached hydrogen (secondary N) is 1. The predicted molar refractivity (Wildman–Crippen MR) is 65.3 cm³/mol. The molecule has 1 heterocycles. The third kappa shape index (κ3) is 2.44. The van der Waals surface area contributed by atoms with E-state index < -0.39 is 0 Å². The van der Waals surface area contributed by atoms with Crippen LogP contribution in [0.25, 0.3) is 0 Å². The van der Waals surface area contributed by atoms with E-state index in [0.717, 1.165) is 11.1 Å². The van der Waals surface area contributed by atoms with Gasteiger partial charge in [-0.2, -0.15) is 0 Å². The van der Waals surface area contributed by atoms with Gasteiger partial charge in [-0.1, -0.05) is 0 Å². The van der Waals surface area contributed by atoms with Crippen molar-refractivity contribution in [2.45, 2.75) is 13.8 Å². The standard InChI is InChI=1S/C12H13N3O2/c1-7-4-10(8(2)3-9(7)13)17-12-5-11(16)14-6-15-12/h3-6H,13H2,1-2H3,(H,14,15,16). The van der Waals surface area contributed by atoms with E-state index in [2.05, 4.69) is 9.97 Å². The molecule has 1 aromatic carbocycles. The van der Waals surface area contributed by atoms with Crippen LogP contribution in [0.15, 0.2) is 29.3 Å². The van der Waals surface area contributed by atoms with Crippen LogP contribution in [0, 0.1) is 13.8 Å². The zero-order valence-corrected chi connectivity index (χ0v) is 9.65. The highest BCUT2D eigenvalue weighted by atomic mass is 16.5. The number of hydrogen-bond donors (Lipinski definition) is 2. The Labute approximate surface area is 98.3 Å². The van der Waals surface area contributed by atoms with Crippen molar-refractivity contribution in [3.05, 3.63) is 46.0 Å². The molecule has 0 bridgehead atoms. The Morgan fingerprint density at radius 2 is 2.00 bits per heavy atom. The van der Waals surface area contributed by atoms with Crippen molar-refractivity contribution in [2.75, 3.05) is 5.73 Å².